The lowest BCUT2D eigenvalue weighted by Gasteiger charge is -2.33. The minimum atomic E-state index is -3.18. The smallest absolute Gasteiger partial charge is 0.224 e. The molecule has 0 atom stereocenters. The second-order valence-corrected chi connectivity index (χ2v) is 8.69. The van der Waals surface area contributed by atoms with Crippen LogP contribution in [0.5, 0.6) is 0 Å². The first kappa shape index (κ1) is 18.8. The number of sulfonamides is 1. The molecule has 1 aliphatic rings. The van der Waals surface area contributed by atoms with Gasteiger partial charge in [-0.1, -0.05) is 0 Å². The normalized spacial score (nSPS) is 16.5. The number of amides is 1. The zero-order chi connectivity index (χ0) is 18.9. The maximum absolute atomic E-state index is 12.5. The molecule has 2 aromatic rings. The van der Waals surface area contributed by atoms with Gasteiger partial charge in [-0.25, -0.2) is 8.42 Å². The van der Waals surface area contributed by atoms with Gasteiger partial charge in [-0.05, 0) is 20.8 Å². The number of hydrogen-bond donors (Lipinski definition) is 0. The van der Waals surface area contributed by atoms with Gasteiger partial charge in [0.05, 0.1) is 24.2 Å². The molecule has 0 radical (unpaired) electrons. The first-order valence-corrected chi connectivity index (χ1v) is 10.6. The Morgan fingerprint density at radius 2 is 1.85 bits per heavy atom. The van der Waals surface area contributed by atoms with Gasteiger partial charge in [0, 0.05) is 39.1 Å². The van der Waals surface area contributed by atoms with Crippen LogP contribution in [-0.2, 0) is 27.9 Å². The van der Waals surface area contributed by atoms with Crippen LogP contribution in [0.2, 0.25) is 0 Å². The summed E-state index contributed by atoms with van der Waals surface area (Å²) in [5.41, 5.74) is 2.86. The Hall–Kier alpha value is -1.94. The monoisotopic (exact) mass is 382 g/mol. The maximum atomic E-state index is 12.5. The Balaban J connectivity index is 1.59. The third-order valence-electron chi connectivity index (χ3n) is 4.90. The molecule has 0 N–H and O–H groups in total. The zero-order valence-electron chi connectivity index (χ0n) is 15.6. The van der Waals surface area contributed by atoms with Gasteiger partial charge in [-0.3, -0.25) is 14.2 Å². The van der Waals surface area contributed by atoms with E-state index >= 15 is 0 Å². The molecular weight excluding hydrogens is 356 g/mol. The van der Waals surface area contributed by atoms with Crippen LogP contribution >= 0.6 is 0 Å². The lowest BCUT2D eigenvalue weighted by Crippen LogP contribution is -2.51. The highest BCUT2D eigenvalue weighted by atomic mass is 32.2. The number of piperazine rings is 1. The van der Waals surface area contributed by atoms with E-state index in [9.17, 15) is 13.2 Å². The predicted molar refractivity (Wildman–Crippen MR) is 98.2 cm³/mol. The molecule has 1 aliphatic heterocycles. The summed E-state index contributed by atoms with van der Waals surface area (Å²) >= 11 is 0. The van der Waals surface area contributed by atoms with Crippen LogP contribution in [0.1, 0.15) is 26.0 Å². The van der Waals surface area contributed by atoms with Crippen LogP contribution in [0.4, 0.5) is 0 Å². The van der Waals surface area contributed by atoms with Crippen LogP contribution < -0.4 is 0 Å². The van der Waals surface area contributed by atoms with Gasteiger partial charge in [-0.2, -0.15) is 14.5 Å². The predicted octanol–water partition coefficient (Wildman–Crippen LogP) is 0.445. The van der Waals surface area contributed by atoms with E-state index in [0.717, 1.165) is 23.3 Å². The number of aromatic nitrogens is 4. The fraction of sp³-hybridized carbons (Fsp3) is 0.688. The molecular formula is C16H26N6O3S. The molecule has 0 unspecified atom stereocenters. The topological polar surface area (TPSA) is 93.3 Å². The lowest BCUT2D eigenvalue weighted by molar-refractivity contribution is -0.132. The largest absolute Gasteiger partial charge is 0.340 e. The van der Waals surface area contributed by atoms with E-state index in [-0.39, 0.29) is 11.7 Å². The van der Waals surface area contributed by atoms with E-state index in [0.29, 0.717) is 39.1 Å². The number of hydrogen-bond acceptors (Lipinski definition) is 5. The summed E-state index contributed by atoms with van der Waals surface area (Å²) in [7, 11) is -3.18. The number of aryl methyl sites for hydroxylation is 3. The SMILES string of the molecule is CCn1nc(C)c2c1cnn2CCC(=O)N1CCN(S(=O)(=O)CC)CC1. The van der Waals surface area contributed by atoms with Crippen molar-refractivity contribution in [1.29, 1.82) is 0 Å². The summed E-state index contributed by atoms with van der Waals surface area (Å²) in [6, 6.07) is 0. The van der Waals surface area contributed by atoms with E-state index in [1.807, 2.05) is 23.2 Å². The Labute approximate surface area is 153 Å². The Bertz CT molecular complexity index is 893. The fourth-order valence-corrected chi connectivity index (χ4v) is 4.47. The number of nitrogens with zero attached hydrogens (tertiary/aromatic N) is 6. The molecule has 0 aromatic carbocycles. The van der Waals surface area contributed by atoms with Gasteiger partial charge >= 0.3 is 0 Å². The van der Waals surface area contributed by atoms with Crippen molar-refractivity contribution in [3.8, 4) is 0 Å². The molecule has 1 fully saturated rings. The standard InChI is InChI=1S/C16H26N6O3S/c1-4-21-14-12-17-22(16(14)13(3)18-21)7-6-15(23)19-8-10-20(11-9-19)26(24,25)5-2/h12H,4-11H2,1-3H3. The van der Waals surface area contributed by atoms with Crippen molar-refractivity contribution >= 4 is 27.0 Å². The Morgan fingerprint density at radius 1 is 1.15 bits per heavy atom. The molecule has 9 nitrogen and oxygen atoms in total. The maximum Gasteiger partial charge on any atom is 0.224 e. The molecule has 1 amide bonds. The van der Waals surface area contributed by atoms with E-state index < -0.39 is 10.0 Å². The fourth-order valence-electron chi connectivity index (χ4n) is 3.39. The van der Waals surface area contributed by atoms with Crippen LogP contribution in [0, 0.1) is 6.92 Å². The third kappa shape index (κ3) is 3.48. The third-order valence-corrected chi connectivity index (χ3v) is 6.78. The summed E-state index contributed by atoms with van der Waals surface area (Å²) in [4.78, 5) is 14.2. The van der Waals surface area contributed by atoms with E-state index in [1.54, 1.807) is 18.0 Å². The molecule has 2 aromatic heterocycles. The highest BCUT2D eigenvalue weighted by Crippen LogP contribution is 2.18. The van der Waals surface area contributed by atoms with Gasteiger partial charge in [0.15, 0.2) is 0 Å². The van der Waals surface area contributed by atoms with Gasteiger partial charge in [0.25, 0.3) is 0 Å². The summed E-state index contributed by atoms with van der Waals surface area (Å²) in [6.07, 6.45) is 2.13. The summed E-state index contributed by atoms with van der Waals surface area (Å²) in [5, 5.41) is 8.88. The molecule has 26 heavy (non-hydrogen) atoms. The first-order chi connectivity index (χ1) is 12.4. The molecule has 3 heterocycles. The number of fused-ring (bicyclic) bond motifs is 1. The van der Waals surface area contributed by atoms with Crippen LogP contribution in [-0.4, -0.2) is 75.0 Å². The van der Waals surface area contributed by atoms with E-state index in [1.165, 1.54) is 4.31 Å². The van der Waals surface area contributed by atoms with Gasteiger partial charge in [0.1, 0.15) is 11.0 Å². The van der Waals surface area contributed by atoms with Crippen LogP contribution in [0.15, 0.2) is 6.20 Å². The molecule has 1 saturated heterocycles. The van der Waals surface area contributed by atoms with Gasteiger partial charge in [-0.15, -0.1) is 0 Å². The van der Waals surface area contributed by atoms with Crippen molar-refractivity contribution in [3.05, 3.63) is 11.9 Å². The van der Waals surface area contributed by atoms with Gasteiger partial charge < -0.3 is 4.90 Å². The molecule has 144 valence electrons. The average Bonchev–Trinajstić information content (AvgIpc) is 3.21. The lowest BCUT2D eigenvalue weighted by atomic mass is 10.3. The minimum absolute atomic E-state index is 0.0303. The number of carbonyl (C=O) groups excluding carboxylic acids is 1. The number of rotatable bonds is 6. The molecule has 0 aliphatic carbocycles. The van der Waals surface area contributed by atoms with Crippen molar-refractivity contribution < 1.29 is 13.2 Å². The van der Waals surface area contributed by atoms with E-state index in [2.05, 4.69) is 10.2 Å². The zero-order valence-corrected chi connectivity index (χ0v) is 16.4. The van der Waals surface area contributed by atoms with Crippen molar-refractivity contribution in [1.82, 2.24) is 28.8 Å². The quantitative estimate of drug-likeness (QED) is 0.723. The Kier molecular flexibility index (Phi) is 5.33. The second kappa shape index (κ2) is 7.36. The highest BCUT2D eigenvalue weighted by Gasteiger charge is 2.27. The van der Waals surface area contributed by atoms with Crippen LogP contribution in [0.3, 0.4) is 0 Å². The molecule has 3 rings (SSSR count). The Morgan fingerprint density at radius 3 is 2.46 bits per heavy atom. The van der Waals surface area contributed by atoms with E-state index in [4.69, 9.17) is 0 Å². The van der Waals surface area contributed by atoms with Crippen LogP contribution in [0.25, 0.3) is 11.0 Å². The highest BCUT2D eigenvalue weighted by molar-refractivity contribution is 7.89. The number of carbonyl (C=O) groups is 1. The summed E-state index contributed by atoms with van der Waals surface area (Å²) in [5.74, 6) is 0.129. The van der Waals surface area contributed by atoms with Gasteiger partial charge in [0.2, 0.25) is 15.9 Å². The molecule has 0 saturated carbocycles. The van der Waals surface area contributed by atoms with Crippen molar-refractivity contribution in [2.75, 3.05) is 31.9 Å². The molecule has 0 spiro atoms. The average molecular weight is 382 g/mol. The minimum Gasteiger partial charge on any atom is -0.340 e. The second-order valence-electron chi connectivity index (χ2n) is 6.43. The summed E-state index contributed by atoms with van der Waals surface area (Å²) in [6.45, 7) is 8.52. The molecule has 10 heteroatoms. The first-order valence-electron chi connectivity index (χ1n) is 9.02. The van der Waals surface area contributed by atoms with Crippen molar-refractivity contribution in [2.24, 2.45) is 0 Å². The summed E-state index contributed by atoms with van der Waals surface area (Å²) < 4.78 is 29.0. The van der Waals surface area contributed by atoms with Crippen molar-refractivity contribution in [2.45, 2.75) is 40.3 Å². The van der Waals surface area contributed by atoms with Crippen molar-refractivity contribution in [3.63, 3.8) is 0 Å². The molecule has 0 bridgehead atoms.